The molecule has 0 heterocycles. The first-order valence-corrected chi connectivity index (χ1v) is 5.16. The van der Waals surface area contributed by atoms with Crippen LogP contribution in [0.1, 0.15) is 43.7 Å². The molecule has 0 fully saturated rings. The quantitative estimate of drug-likeness (QED) is 0.451. The van der Waals surface area contributed by atoms with Crippen molar-refractivity contribution >= 4 is 5.91 Å². The summed E-state index contributed by atoms with van der Waals surface area (Å²) < 4.78 is 0. The number of carbonyl (C=O) groups is 1. The Morgan fingerprint density at radius 3 is 2.00 bits per heavy atom. The Balaban J connectivity index is 2.84. The van der Waals surface area contributed by atoms with Crippen LogP contribution in [0, 0.1) is 0 Å². The first kappa shape index (κ1) is 11.7. The van der Waals surface area contributed by atoms with Gasteiger partial charge >= 0.3 is 0 Å². The summed E-state index contributed by atoms with van der Waals surface area (Å²) in [5.74, 6) is 5.24. The molecule has 0 radical (unpaired) electrons. The standard InChI is InChI=1S/C12H18N2O/c1-8(2)10-4-6-11(7-5-10)9(3)12(15)14-13/h4-9H,13H2,1-3H3,(H,14,15). The Morgan fingerprint density at radius 1 is 1.13 bits per heavy atom. The van der Waals surface area contributed by atoms with E-state index >= 15 is 0 Å². The summed E-state index contributed by atoms with van der Waals surface area (Å²) in [6.45, 7) is 6.13. The van der Waals surface area contributed by atoms with E-state index in [1.807, 2.05) is 19.1 Å². The van der Waals surface area contributed by atoms with Crippen molar-refractivity contribution in [1.29, 1.82) is 0 Å². The van der Waals surface area contributed by atoms with Crippen molar-refractivity contribution in [2.45, 2.75) is 32.6 Å². The van der Waals surface area contributed by atoms with Gasteiger partial charge in [-0.15, -0.1) is 0 Å². The van der Waals surface area contributed by atoms with Gasteiger partial charge in [-0.05, 0) is 24.0 Å². The number of nitrogens with two attached hydrogens (primary N) is 1. The van der Waals surface area contributed by atoms with Crippen molar-refractivity contribution in [1.82, 2.24) is 5.43 Å². The summed E-state index contributed by atoms with van der Waals surface area (Å²) in [4.78, 5) is 11.3. The van der Waals surface area contributed by atoms with E-state index in [0.29, 0.717) is 5.92 Å². The van der Waals surface area contributed by atoms with Gasteiger partial charge in [-0.2, -0.15) is 0 Å². The lowest BCUT2D eigenvalue weighted by molar-refractivity contribution is -0.122. The molecule has 3 N–H and O–H groups in total. The van der Waals surface area contributed by atoms with Crippen molar-refractivity contribution in [3.8, 4) is 0 Å². The lowest BCUT2D eigenvalue weighted by atomic mass is 9.96. The fourth-order valence-corrected chi connectivity index (χ4v) is 1.45. The van der Waals surface area contributed by atoms with Gasteiger partial charge in [0.15, 0.2) is 0 Å². The van der Waals surface area contributed by atoms with E-state index in [2.05, 4.69) is 31.4 Å². The zero-order valence-corrected chi connectivity index (χ0v) is 9.45. The summed E-state index contributed by atoms with van der Waals surface area (Å²) in [5.41, 5.74) is 4.43. The van der Waals surface area contributed by atoms with Crippen molar-refractivity contribution in [3.05, 3.63) is 35.4 Å². The molecule has 1 unspecified atom stereocenters. The molecular weight excluding hydrogens is 188 g/mol. The highest BCUT2D eigenvalue weighted by molar-refractivity contribution is 5.82. The molecule has 0 bridgehead atoms. The summed E-state index contributed by atoms with van der Waals surface area (Å²) in [6.07, 6.45) is 0. The van der Waals surface area contributed by atoms with Crippen LogP contribution in [0.25, 0.3) is 0 Å². The van der Waals surface area contributed by atoms with Gasteiger partial charge in [0, 0.05) is 0 Å². The van der Waals surface area contributed by atoms with Crippen LogP contribution in [0.2, 0.25) is 0 Å². The van der Waals surface area contributed by atoms with E-state index < -0.39 is 0 Å². The highest BCUT2D eigenvalue weighted by Crippen LogP contribution is 2.19. The lowest BCUT2D eigenvalue weighted by Gasteiger charge is -2.11. The summed E-state index contributed by atoms with van der Waals surface area (Å²) in [7, 11) is 0. The number of hydrogen-bond acceptors (Lipinski definition) is 2. The minimum Gasteiger partial charge on any atom is -0.294 e. The predicted octanol–water partition coefficient (Wildman–Crippen LogP) is 1.90. The highest BCUT2D eigenvalue weighted by Gasteiger charge is 2.13. The Labute approximate surface area is 90.6 Å². The molecule has 0 saturated carbocycles. The summed E-state index contributed by atoms with van der Waals surface area (Å²) in [5, 5.41) is 0. The molecule has 3 heteroatoms. The third kappa shape index (κ3) is 2.80. The van der Waals surface area contributed by atoms with Crippen LogP contribution in [0.4, 0.5) is 0 Å². The van der Waals surface area contributed by atoms with E-state index in [1.54, 1.807) is 0 Å². The van der Waals surface area contributed by atoms with Crippen molar-refractivity contribution in [2.24, 2.45) is 5.84 Å². The monoisotopic (exact) mass is 206 g/mol. The number of hydrazine groups is 1. The fourth-order valence-electron chi connectivity index (χ4n) is 1.45. The summed E-state index contributed by atoms with van der Waals surface area (Å²) >= 11 is 0. The molecule has 0 saturated heterocycles. The van der Waals surface area contributed by atoms with Crippen LogP contribution in [0.15, 0.2) is 24.3 Å². The Kier molecular flexibility index (Phi) is 3.86. The van der Waals surface area contributed by atoms with Crippen molar-refractivity contribution in [3.63, 3.8) is 0 Å². The van der Waals surface area contributed by atoms with Crippen LogP contribution in [-0.2, 0) is 4.79 Å². The lowest BCUT2D eigenvalue weighted by Crippen LogP contribution is -2.33. The smallest absolute Gasteiger partial charge is 0.241 e. The van der Waals surface area contributed by atoms with E-state index in [0.717, 1.165) is 5.56 Å². The minimum atomic E-state index is -0.198. The molecule has 3 nitrogen and oxygen atoms in total. The number of benzene rings is 1. The zero-order valence-electron chi connectivity index (χ0n) is 9.45. The third-order valence-electron chi connectivity index (χ3n) is 2.64. The van der Waals surface area contributed by atoms with Gasteiger partial charge in [-0.25, -0.2) is 5.84 Å². The fraction of sp³-hybridized carbons (Fsp3) is 0.417. The van der Waals surface area contributed by atoms with Crippen LogP contribution in [0.3, 0.4) is 0 Å². The SMILES string of the molecule is CC(C)c1ccc(C(C)C(=O)NN)cc1. The number of rotatable bonds is 3. The maximum absolute atomic E-state index is 11.3. The molecule has 0 aliphatic heterocycles. The normalized spacial score (nSPS) is 12.6. The Hall–Kier alpha value is -1.35. The molecule has 1 aromatic rings. The van der Waals surface area contributed by atoms with Crippen LogP contribution in [-0.4, -0.2) is 5.91 Å². The maximum atomic E-state index is 11.3. The third-order valence-corrected chi connectivity index (χ3v) is 2.64. The van der Waals surface area contributed by atoms with Crippen LogP contribution >= 0.6 is 0 Å². The molecule has 1 rings (SSSR count). The molecule has 15 heavy (non-hydrogen) atoms. The second kappa shape index (κ2) is 4.94. The van der Waals surface area contributed by atoms with Crippen molar-refractivity contribution in [2.75, 3.05) is 0 Å². The van der Waals surface area contributed by atoms with Gasteiger partial charge in [0.25, 0.3) is 0 Å². The van der Waals surface area contributed by atoms with E-state index in [9.17, 15) is 4.79 Å². The maximum Gasteiger partial charge on any atom is 0.241 e. The number of hydrogen-bond donors (Lipinski definition) is 2. The van der Waals surface area contributed by atoms with Gasteiger partial charge in [0.2, 0.25) is 5.91 Å². The second-order valence-electron chi connectivity index (χ2n) is 4.05. The predicted molar refractivity (Wildman–Crippen MR) is 61.3 cm³/mol. The molecular formula is C12H18N2O. The minimum absolute atomic E-state index is 0.160. The average Bonchev–Trinajstić information content (AvgIpc) is 2.27. The van der Waals surface area contributed by atoms with E-state index in [4.69, 9.17) is 5.84 Å². The van der Waals surface area contributed by atoms with E-state index in [1.165, 1.54) is 5.56 Å². The average molecular weight is 206 g/mol. The molecule has 1 atom stereocenters. The molecule has 1 aromatic carbocycles. The summed E-state index contributed by atoms with van der Waals surface area (Å²) in [6, 6.07) is 8.07. The molecule has 1 amide bonds. The molecule has 0 aromatic heterocycles. The van der Waals surface area contributed by atoms with Gasteiger partial charge < -0.3 is 0 Å². The Bertz CT molecular complexity index is 330. The second-order valence-corrected chi connectivity index (χ2v) is 4.05. The Morgan fingerprint density at radius 2 is 1.60 bits per heavy atom. The number of nitrogens with one attached hydrogen (secondary N) is 1. The van der Waals surface area contributed by atoms with Gasteiger partial charge in [0.1, 0.15) is 0 Å². The largest absolute Gasteiger partial charge is 0.294 e. The molecule has 82 valence electrons. The zero-order chi connectivity index (χ0) is 11.4. The van der Waals surface area contributed by atoms with Crippen LogP contribution in [0.5, 0.6) is 0 Å². The molecule has 0 aliphatic carbocycles. The first-order chi connectivity index (χ1) is 7.06. The number of carbonyl (C=O) groups excluding carboxylic acids is 1. The highest BCUT2D eigenvalue weighted by atomic mass is 16.2. The molecule has 0 spiro atoms. The van der Waals surface area contributed by atoms with Gasteiger partial charge in [-0.1, -0.05) is 38.1 Å². The first-order valence-electron chi connectivity index (χ1n) is 5.16. The van der Waals surface area contributed by atoms with Gasteiger partial charge in [-0.3, -0.25) is 10.2 Å². The number of amides is 1. The van der Waals surface area contributed by atoms with Crippen LogP contribution < -0.4 is 11.3 Å². The van der Waals surface area contributed by atoms with E-state index in [-0.39, 0.29) is 11.8 Å². The topological polar surface area (TPSA) is 55.1 Å². The molecule has 0 aliphatic rings. The van der Waals surface area contributed by atoms with Crippen molar-refractivity contribution < 1.29 is 4.79 Å². The van der Waals surface area contributed by atoms with Gasteiger partial charge in [0.05, 0.1) is 5.92 Å².